The van der Waals surface area contributed by atoms with Gasteiger partial charge in [-0.1, -0.05) is 23.6 Å². The minimum atomic E-state index is 0.126. The van der Waals surface area contributed by atoms with E-state index in [9.17, 15) is 4.79 Å². The smallest absolute Gasteiger partial charge is 0.229 e. The summed E-state index contributed by atoms with van der Waals surface area (Å²) in [5.74, 6) is 7.23. The van der Waals surface area contributed by atoms with Crippen molar-refractivity contribution >= 4 is 16.9 Å². The van der Waals surface area contributed by atoms with Gasteiger partial charge in [0.1, 0.15) is 0 Å². The van der Waals surface area contributed by atoms with E-state index in [1.807, 2.05) is 12.1 Å². The molecule has 0 aliphatic carbocycles. The van der Waals surface area contributed by atoms with Gasteiger partial charge in [-0.3, -0.25) is 4.79 Å². The van der Waals surface area contributed by atoms with E-state index in [-0.39, 0.29) is 5.12 Å². The fourth-order valence-electron chi connectivity index (χ4n) is 1.05. The molecule has 0 N–H and O–H groups in total. The summed E-state index contributed by atoms with van der Waals surface area (Å²) >= 11 is 1.29. The highest BCUT2D eigenvalue weighted by Gasteiger charge is 1.98. The van der Waals surface area contributed by atoms with Gasteiger partial charge in [0.15, 0.2) is 5.12 Å². The average molecular weight is 235 g/mol. The molecule has 0 aliphatic rings. The second-order valence-electron chi connectivity index (χ2n) is 2.95. The molecule has 0 amide bonds. The monoisotopic (exact) mass is 235 g/mol. The van der Waals surface area contributed by atoms with Crippen molar-refractivity contribution < 1.29 is 9.53 Å². The molecule has 0 fully saturated rings. The Morgan fingerprint density at radius 1 is 1.62 bits per heavy atom. The lowest BCUT2D eigenvalue weighted by Gasteiger charge is -1.99. The van der Waals surface area contributed by atoms with Crippen LogP contribution < -0.4 is 4.74 Å². The first-order chi connectivity index (χ1) is 7.74. The molecule has 0 bridgehead atoms. The summed E-state index contributed by atoms with van der Waals surface area (Å²) in [6, 6.07) is 3.67. The molecule has 1 rings (SSSR count). The van der Waals surface area contributed by atoms with Crippen LogP contribution in [0.4, 0.5) is 0 Å². The van der Waals surface area contributed by atoms with Crippen LogP contribution in [0.5, 0.6) is 5.88 Å². The van der Waals surface area contributed by atoms with Crippen molar-refractivity contribution in [3.63, 3.8) is 0 Å². The number of carbonyl (C=O) groups is 1. The van der Waals surface area contributed by atoms with Crippen LogP contribution in [0, 0.1) is 11.8 Å². The fourth-order valence-corrected chi connectivity index (χ4v) is 1.54. The van der Waals surface area contributed by atoms with Crippen molar-refractivity contribution in [2.75, 3.05) is 12.9 Å². The van der Waals surface area contributed by atoms with Gasteiger partial charge in [0, 0.05) is 25.3 Å². The Bertz CT molecular complexity index is 421. The highest BCUT2D eigenvalue weighted by Crippen LogP contribution is 2.11. The molecule has 84 valence electrons. The van der Waals surface area contributed by atoms with Crippen molar-refractivity contribution in [1.82, 2.24) is 4.98 Å². The lowest BCUT2D eigenvalue weighted by Crippen LogP contribution is -1.90. The van der Waals surface area contributed by atoms with E-state index in [1.54, 1.807) is 20.2 Å². The van der Waals surface area contributed by atoms with E-state index in [0.717, 1.165) is 11.3 Å². The Hall–Kier alpha value is -1.47. The third-order valence-corrected chi connectivity index (χ3v) is 2.53. The highest BCUT2D eigenvalue weighted by molar-refractivity contribution is 8.13. The summed E-state index contributed by atoms with van der Waals surface area (Å²) in [5.41, 5.74) is 0.776. The molecule has 1 aromatic rings. The van der Waals surface area contributed by atoms with Gasteiger partial charge in [-0.25, -0.2) is 4.98 Å². The van der Waals surface area contributed by atoms with E-state index in [0.29, 0.717) is 12.3 Å². The van der Waals surface area contributed by atoms with Gasteiger partial charge in [0.05, 0.1) is 12.7 Å². The van der Waals surface area contributed by atoms with Crippen LogP contribution in [-0.4, -0.2) is 23.0 Å². The Labute approximate surface area is 99.6 Å². The van der Waals surface area contributed by atoms with Crippen molar-refractivity contribution in [3.05, 3.63) is 23.9 Å². The zero-order chi connectivity index (χ0) is 11.8. The largest absolute Gasteiger partial charge is 0.480 e. The van der Waals surface area contributed by atoms with E-state index >= 15 is 0 Å². The zero-order valence-electron chi connectivity index (χ0n) is 9.32. The van der Waals surface area contributed by atoms with Crippen molar-refractivity contribution in [2.45, 2.75) is 13.3 Å². The lowest BCUT2D eigenvalue weighted by atomic mass is 10.2. The van der Waals surface area contributed by atoms with Crippen molar-refractivity contribution in [1.29, 1.82) is 0 Å². The summed E-state index contributed by atoms with van der Waals surface area (Å²) in [4.78, 5) is 14.7. The number of rotatable bonds is 3. The SMILES string of the molecule is COc1ncccc1C#CCCSC(C)=O. The van der Waals surface area contributed by atoms with Crippen LogP contribution >= 0.6 is 11.8 Å². The Kier molecular flexibility index (Phi) is 5.44. The maximum Gasteiger partial charge on any atom is 0.229 e. The normalized spacial score (nSPS) is 9.12. The molecule has 0 saturated carbocycles. The first-order valence-electron chi connectivity index (χ1n) is 4.85. The average Bonchev–Trinajstić information content (AvgIpc) is 2.29. The Morgan fingerprint density at radius 3 is 3.12 bits per heavy atom. The van der Waals surface area contributed by atoms with Gasteiger partial charge in [0.2, 0.25) is 5.88 Å². The Balaban J connectivity index is 2.52. The van der Waals surface area contributed by atoms with Crippen molar-refractivity contribution in [2.24, 2.45) is 0 Å². The third kappa shape index (κ3) is 4.37. The molecule has 0 aromatic carbocycles. The molecule has 0 aliphatic heterocycles. The van der Waals surface area contributed by atoms with Crippen LogP contribution in [0.15, 0.2) is 18.3 Å². The summed E-state index contributed by atoms with van der Waals surface area (Å²) in [7, 11) is 1.57. The fraction of sp³-hybridized carbons (Fsp3) is 0.333. The van der Waals surface area contributed by atoms with Crippen LogP contribution in [0.25, 0.3) is 0 Å². The van der Waals surface area contributed by atoms with Gasteiger partial charge in [0.25, 0.3) is 0 Å². The van der Waals surface area contributed by atoms with Crippen LogP contribution in [-0.2, 0) is 4.79 Å². The van der Waals surface area contributed by atoms with Gasteiger partial charge < -0.3 is 4.74 Å². The van der Waals surface area contributed by atoms with E-state index in [4.69, 9.17) is 4.74 Å². The van der Waals surface area contributed by atoms with Gasteiger partial charge in [-0.15, -0.1) is 0 Å². The van der Waals surface area contributed by atoms with Gasteiger partial charge in [-0.05, 0) is 12.1 Å². The van der Waals surface area contributed by atoms with Gasteiger partial charge >= 0.3 is 0 Å². The van der Waals surface area contributed by atoms with Crippen LogP contribution in [0.2, 0.25) is 0 Å². The number of ether oxygens (including phenoxy) is 1. The molecule has 1 heterocycles. The molecule has 0 radical (unpaired) electrons. The molecule has 0 spiro atoms. The lowest BCUT2D eigenvalue weighted by molar-refractivity contribution is -0.109. The van der Waals surface area contributed by atoms with Gasteiger partial charge in [-0.2, -0.15) is 0 Å². The number of aromatic nitrogens is 1. The topological polar surface area (TPSA) is 39.2 Å². The molecule has 0 unspecified atom stereocenters. The number of hydrogen-bond acceptors (Lipinski definition) is 4. The maximum atomic E-state index is 10.7. The Morgan fingerprint density at radius 2 is 2.44 bits per heavy atom. The molecule has 0 atom stereocenters. The van der Waals surface area contributed by atoms with Crippen molar-refractivity contribution in [3.8, 4) is 17.7 Å². The number of hydrogen-bond donors (Lipinski definition) is 0. The summed E-state index contributed by atoms with van der Waals surface area (Å²) in [5, 5.41) is 0.126. The molecule has 1 aromatic heterocycles. The quantitative estimate of drug-likeness (QED) is 0.594. The summed E-state index contributed by atoms with van der Waals surface area (Å²) in [6.45, 7) is 1.56. The number of nitrogens with zero attached hydrogens (tertiary/aromatic N) is 1. The molecule has 4 heteroatoms. The third-order valence-electron chi connectivity index (χ3n) is 1.72. The highest BCUT2D eigenvalue weighted by atomic mass is 32.2. The summed E-state index contributed by atoms with van der Waals surface area (Å²) < 4.78 is 5.07. The number of thioether (sulfide) groups is 1. The predicted molar refractivity (Wildman–Crippen MR) is 65.4 cm³/mol. The van der Waals surface area contributed by atoms with Crippen LogP contribution in [0.3, 0.4) is 0 Å². The zero-order valence-corrected chi connectivity index (χ0v) is 10.1. The minimum absolute atomic E-state index is 0.126. The predicted octanol–water partition coefficient (Wildman–Crippen LogP) is 2.11. The molecule has 3 nitrogen and oxygen atoms in total. The number of carbonyl (C=O) groups excluding carboxylic acids is 1. The maximum absolute atomic E-state index is 10.7. The standard InChI is InChI=1S/C12H13NO2S/c1-10(14)16-9-4-3-6-11-7-5-8-13-12(11)15-2/h5,7-8H,4,9H2,1-2H3. The second kappa shape index (κ2) is 6.91. The summed E-state index contributed by atoms with van der Waals surface area (Å²) in [6.07, 6.45) is 2.35. The molecular formula is C12H13NO2S. The molecule has 0 saturated heterocycles. The second-order valence-corrected chi connectivity index (χ2v) is 4.22. The van der Waals surface area contributed by atoms with E-state index in [2.05, 4.69) is 16.8 Å². The van der Waals surface area contributed by atoms with E-state index in [1.165, 1.54) is 11.8 Å². The number of methoxy groups -OCH3 is 1. The van der Waals surface area contributed by atoms with Crippen LogP contribution in [0.1, 0.15) is 18.9 Å². The first kappa shape index (κ1) is 12.6. The first-order valence-corrected chi connectivity index (χ1v) is 5.84. The molecule has 16 heavy (non-hydrogen) atoms. The minimum Gasteiger partial charge on any atom is -0.480 e. The number of pyridine rings is 1. The molecular weight excluding hydrogens is 222 g/mol. The van der Waals surface area contributed by atoms with E-state index < -0.39 is 0 Å².